The van der Waals surface area contributed by atoms with E-state index in [1.165, 1.54) is 55.6 Å². The molecule has 0 aromatic heterocycles. The number of hydrogen-bond donors (Lipinski definition) is 0. The van der Waals surface area contributed by atoms with Gasteiger partial charge in [-0.2, -0.15) is 0 Å². The lowest BCUT2D eigenvalue weighted by molar-refractivity contribution is -0.113. The van der Waals surface area contributed by atoms with E-state index in [2.05, 4.69) is 0 Å². The quantitative estimate of drug-likeness (QED) is 0.316. The van der Waals surface area contributed by atoms with E-state index < -0.39 is 0 Å². The van der Waals surface area contributed by atoms with Crippen molar-refractivity contribution < 1.29 is 9.59 Å². The second-order valence-corrected chi connectivity index (χ2v) is 10.7. The number of carbonyl (C=O) groups excluding carboxylic acids is 2. The van der Waals surface area contributed by atoms with E-state index in [1.807, 2.05) is 33.9 Å². The van der Waals surface area contributed by atoms with E-state index >= 15 is 0 Å². The summed E-state index contributed by atoms with van der Waals surface area (Å²) < 4.78 is 1.47. The molecule has 0 radical (unpaired) electrons. The van der Waals surface area contributed by atoms with Crippen molar-refractivity contribution in [2.24, 2.45) is 0 Å². The van der Waals surface area contributed by atoms with Crippen LogP contribution >= 0.6 is 47.5 Å². The maximum absolute atomic E-state index is 13.2. The molecule has 3 nitrogen and oxygen atoms in total. The van der Waals surface area contributed by atoms with Crippen molar-refractivity contribution in [2.75, 3.05) is 11.4 Å². The number of thiocarbonyl (C=S) groups is 1. The highest BCUT2D eigenvalue weighted by Crippen LogP contribution is 2.43. The van der Waals surface area contributed by atoms with Crippen molar-refractivity contribution in [3.63, 3.8) is 0 Å². The van der Waals surface area contributed by atoms with Gasteiger partial charge < -0.3 is 4.90 Å². The van der Waals surface area contributed by atoms with Crippen LogP contribution in [-0.2, 0) is 4.79 Å². The van der Waals surface area contributed by atoms with E-state index in [0.29, 0.717) is 20.7 Å². The summed E-state index contributed by atoms with van der Waals surface area (Å²) in [5, 5.41) is 4.33. The Balaban J connectivity index is 1.68. The molecule has 4 rings (SSSR count). The molecule has 1 aromatic rings. The summed E-state index contributed by atoms with van der Waals surface area (Å²) in [5.74, 6) is -0.344. The van der Waals surface area contributed by atoms with Crippen LogP contribution in [-0.4, -0.2) is 27.7 Å². The number of ketones is 2. The number of rotatable bonds is 1. The first-order valence-corrected chi connectivity index (χ1v) is 12.1. The lowest BCUT2D eigenvalue weighted by Crippen LogP contribution is -2.33. The Morgan fingerprint density at radius 2 is 1.78 bits per heavy atom. The maximum Gasteiger partial charge on any atom is 0.200 e. The number of hydrogen-bond acceptors (Lipinski definition) is 6. The van der Waals surface area contributed by atoms with Crippen LogP contribution < -0.4 is 4.90 Å². The van der Waals surface area contributed by atoms with Crippen LogP contribution in [0.5, 0.6) is 0 Å². The smallest absolute Gasteiger partial charge is 0.200 e. The molecule has 0 N–H and O–H groups in total. The third-order valence-electron chi connectivity index (χ3n) is 4.90. The van der Waals surface area contributed by atoms with Crippen LogP contribution in [0.3, 0.4) is 0 Å². The van der Waals surface area contributed by atoms with Gasteiger partial charge >= 0.3 is 0 Å². The van der Waals surface area contributed by atoms with Crippen LogP contribution in [0.4, 0.5) is 5.69 Å². The van der Waals surface area contributed by atoms with Gasteiger partial charge in [0.25, 0.3) is 0 Å². The molecule has 2 aliphatic heterocycles. The second kappa shape index (κ2) is 8.55. The molecule has 3 aliphatic rings. The average molecular weight is 434 g/mol. The first kappa shape index (κ1) is 19.3. The standard InChI is InChI=1S/C20H19NO2S4/c22-16-12-21(20(24)27-13-6-2-1-3-7-13)15-9-5-4-8-14(15)18(23)17(16)19-25-10-11-26-19/h4-5,8-11,13H,1-3,6-7,12H2. The molecule has 140 valence electrons. The van der Waals surface area contributed by atoms with Gasteiger partial charge in [0.2, 0.25) is 0 Å². The Hall–Kier alpha value is -1.02. The molecule has 0 atom stereocenters. The number of nitrogens with zero attached hydrogens (tertiary/aromatic N) is 1. The molecule has 1 fully saturated rings. The number of para-hydroxylation sites is 1. The largest absolute Gasteiger partial charge is 0.319 e. The molecule has 0 spiro atoms. The highest BCUT2D eigenvalue weighted by molar-refractivity contribution is 8.27. The summed E-state index contributed by atoms with van der Waals surface area (Å²) in [6, 6.07) is 7.44. The van der Waals surface area contributed by atoms with E-state index in [1.54, 1.807) is 17.8 Å². The first-order valence-electron chi connectivity index (χ1n) is 9.03. The zero-order valence-electron chi connectivity index (χ0n) is 14.7. The van der Waals surface area contributed by atoms with E-state index in [0.717, 1.165) is 9.92 Å². The number of anilines is 1. The molecule has 0 bridgehead atoms. The number of fused-ring (bicyclic) bond motifs is 1. The molecular weight excluding hydrogens is 414 g/mol. The number of thioether (sulfide) groups is 3. The molecule has 7 heteroatoms. The van der Waals surface area contributed by atoms with Crippen LogP contribution in [0.15, 0.2) is 44.9 Å². The highest BCUT2D eigenvalue weighted by Gasteiger charge is 2.35. The normalized spacial score (nSPS) is 20.8. The van der Waals surface area contributed by atoms with Crippen molar-refractivity contribution in [1.82, 2.24) is 0 Å². The zero-order valence-corrected chi connectivity index (χ0v) is 17.9. The molecule has 1 saturated carbocycles. The SMILES string of the molecule is O=C1CN(C(=S)SC2CCCCC2)c2ccccc2C(=O)C1=C1SC=CS1. The van der Waals surface area contributed by atoms with Crippen LogP contribution in [0, 0.1) is 0 Å². The van der Waals surface area contributed by atoms with Crippen molar-refractivity contribution in [3.05, 3.63) is 50.5 Å². The topological polar surface area (TPSA) is 37.4 Å². The highest BCUT2D eigenvalue weighted by atomic mass is 32.2. The van der Waals surface area contributed by atoms with Crippen LogP contribution in [0.2, 0.25) is 0 Å². The Kier molecular flexibility index (Phi) is 6.12. The van der Waals surface area contributed by atoms with Gasteiger partial charge in [0.1, 0.15) is 4.32 Å². The Morgan fingerprint density at radius 3 is 2.52 bits per heavy atom. The maximum atomic E-state index is 13.2. The van der Waals surface area contributed by atoms with Crippen molar-refractivity contribution in [1.29, 1.82) is 0 Å². The minimum Gasteiger partial charge on any atom is -0.319 e. The first-order chi connectivity index (χ1) is 13.1. The van der Waals surface area contributed by atoms with Crippen LogP contribution in [0.25, 0.3) is 0 Å². The van der Waals surface area contributed by atoms with Gasteiger partial charge in [-0.25, -0.2) is 0 Å². The molecule has 2 heterocycles. The minimum atomic E-state index is -0.192. The molecule has 27 heavy (non-hydrogen) atoms. The lowest BCUT2D eigenvalue weighted by atomic mass is 10.0. The summed E-state index contributed by atoms with van der Waals surface area (Å²) in [7, 11) is 0. The molecule has 1 aliphatic carbocycles. The zero-order chi connectivity index (χ0) is 18.8. The average Bonchev–Trinajstić information content (AvgIpc) is 3.17. The van der Waals surface area contributed by atoms with Gasteiger partial charge in [-0.15, -0.1) is 0 Å². The Morgan fingerprint density at radius 1 is 1.07 bits per heavy atom. The number of carbonyl (C=O) groups is 2. The summed E-state index contributed by atoms with van der Waals surface area (Å²) in [6.45, 7) is 0.126. The van der Waals surface area contributed by atoms with Crippen molar-refractivity contribution in [2.45, 2.75) is 37.4 Å². The second-order valence-electron chi connectivity index (χ2n) is 6.67. The van der Waals surface area contributed by atoms with Gasteiger partial charge in [-0.05, 0) is 35.8 Å². The summed E-state index contributed by atoms with van der Waals surface area (Å²) in [5.41, 5.74) is 1.61. The van der Waals surface area contributed by atoms with Gasteiger partial charge in [0.05, 0.1) is 22.0 Å². The summed E-state index contributed by atoms with van der Waals surface area (Å²) in [6.07, 6.45) is 6.12. The third kappa shape index (κ3) is 4.06. The van der Waals surface area contributed by atoms with Gasteiger partial charge in [-0.3, -0.25) is 9.59 Å². The molecule has 0 unspecified atom stereocenters. The van der Waals surface area contributed by atoms with E-state index in [9.17, 15) is 9.59 Å². The summed E-state index contributed by atoms with van der Waals surface area (Å²) >= 11 is 10.3. The molecular formula is C20H19NO2S4. The number of Topliss-reactive ketones (excluding diaryl/α,β-unsaturated/α-hetero) is 2. The predicted octanol–water partition coefficient (Wildman–Crippen LogP) is 5.77. The Bertz CT molecular complexity index is 845. The summed E-state index contributed by atoms with van der Waals surface area (Å²) in [4.78, 5) is 28.1. The Labute approximate surface area is 177 Å². The molecule has 1 aromatic carbocycles. The minimum absolute atomic E-state index is 0.126. The molecule has 0 amide bonds. The molecule has 0 saturated heterocycles. The van der Waals surface area contributed by atoms with Crippen molar-refractivity contribution in [3.8, 4) is 0 Å². The van der Waals surface area contributed by atoms with Gasteiger partial charge in [-0.1, -0.05) is 78.9 Å². The monoisotopic (exact) mass is 433 g/mol. The van der Waals surface area contributed by atoms with Crippen molar-refractivity contribution >= 4 is 69.1 Å². The fourth-order valence-electron chi connectivity index (χ4n) is 3.55. The third-order valence-corrected chi connectivity index (χ3v) is 8.76. The van der Waals surface area contributed by atoms with E-state index in [-0.39, 0.29) is 18.1 Å². The lowest BCUT2D eigenvalue weighted by Gasteiger charge is -2.28. The fraction of sp³-hybridized carbons (Fsp3) is 0.350. The predicted molar refractivity (Wildman–Crippen MR) is 122 cm³/mol. The van der Waals surface area contributed by atoms with Gasteiger partial charge in [0, 0.05) is 10.8 Å². The van der Waals surface area contributed by atoms with Crippen LogP contribution in [0.1, 0.15) is 42.5 Å². The van der Waals surface area contributed by atoms with Gasteiger partial charge in [0.15, 0.2) is 11.6 Å². The fourth-order valence-corrected chi connectivity index (χ4v) is 7.16. The van der Waals surface area contributed by atoms with E-state index in [4.69, 9.17) is 12.2 Å². The number of benzene rings is 1.